The van der Waals surface area contributed by atoms with Gasteiger partial charge in [-0.25, -0.2) is 0 Å². The van der Waals surface area contributed by atoms with Crippen molar-refractivity contribution >= 4 is 45.9 Å². The van der Waals surface area contributed by atoms with Crippen LogP contribution in [0.25, 0.3) is 73.5 Å². The van der Waals surface area contributed by atoms with Gasteiger partial charge in [0.05, 0.1) is 16.7 Å². The topological polar surface area (TPSA) is 38.1 Å². The summed E-state index contributed by atoms with van der Waals surface area (Å²) in [6.45, 7) is 16.6. The number of hydrogen-bond donors (Lipinski definition) is 0. The number of aliphatic imine (C=N–C) groups is 1. The van der Waals surface area contributed by atoms with Crippen molar-refractivity contribution in [1.82, 2.24) is 9.97 Å². The molecule has 0 spiro atoms. The molecule has 0 aliphatic heterocycles. The fraction of sp³-hybridized carbons (Fsp3) is 0.0755. The largest absolute Gasteiger partial charge is 0.256 e. The third-order valence-corrected chi connectivity index (χ3v) is 9.98. The van der Waals surface area contributed by atoms with Crippen LogP contribution < -0.4 is 10.4 Å². The van der Waals surface area contributed by atoms with Gasteiger partial charge in [-0.2, -0.15) is 0 Å². The zero-order valence-electron chi connectivity index (χ0n) is 32.5. The Hall–Kier alpha value is -6.97. The summed E-state index contributed by atoms with van der Waals surface area (Å²) < 4.78 is 0. The molecule has 0 aliphatic rings. The molecule has 3 heteroatoms. The summed E-state index contributed by atoms with van der Waals surface area (Å²) in [6.07, 6.45) is 9.66. The van der Waals surface area contributed by atoms with Crippen LogP contribution >= 0.6 is 0 Å². The fourth-order valence-corrected chi connectivity index (χ4v) is 7.23. The van der Waals surface area contributed by atoms with Crippen LogP contribution in [-0.2, 0) is 0 Å². The highest BCUT2D eigenvalue weighted by molar-refractivity contribution is 6.02. The van der Waals surface area contributed by atoms with E-state index in [-0.39, 0.29) is 0 Å². The van der Waals surface area contributed by atoms with E-state index < -0.39 is 0 Å². The smallest absolute Gasteiger partial charge is 0.0805 e. The molecule has 0 saturated carbocycles. The van der Waals surface area contributed by atoms with Crippen LogP contribution in [0.1, 0.15) is 43.0 Å². The van der Waals surface area contributed by atoms with Crippen molar-refractivity contribution in [2.24, 2.45) is 4.99 Å². The molecule has 2 aromatic heterocycles. The predicted octanol–water partition coefficient (Wildman–Crippen LogP) is 12.4. The van der Waals surface area contributed by atoms with Crippen LogP contribution in [0, 0.1) is 6.92 Å². The maximum absolute atomic E-state index is 5.31. The lowest BCUT2D eigenvalue weighted by atomic mass is 9.89. The monoisotopic (exact) mass is 723 g/mol. The van der Waals surface area contributed by atoms with Gasteiger partial charge in [0.25, 0.3) is 0 Å². The van der Waals surface area contributed by atoms with Crippen LogP contribution in [0.15, 0.2) is 182 Å². The van der Waals surface area contributed by atoms with E-state index in [9.17, 15) is 0 Å². The lowest BCUT2D eigenvalue weighted by Crippen LogP contribution is -2.27. The Labute approximate surface area is 330 Å². The molecule has 8 aromatic rings. The molecular weight excluding hydrogens is 679 g/mol. The van der Waals surface area contributed by atoms with E-state index in [4.69, 9.17) is 9.98 Å². The van der Waals surface area contributed by atoms with Gasteiger partial charge in [0.1, 0.15) is 0 Å². The van der Waals surface area contributed by atoms with E-state index in [2.05, 4.69) is 153 Å². The molecule has 6 aromatic carbocycles. The Morgan fingerprint density at radius 2 is 1.32 bits per heavy atom. The van der Waals surface area contributed by atoms with Gasteiger partial charge < -0.3 is 0 Å². The summed E-state index contributed by atoms with van der Waals surface area (Å²) in [5.74, 6) is 0. The molecule has 0 amide bonds. The minimum atomic E-state index is 0.841. The summed E-state index contributed by atoms with van der Waals surface area (Å²) in [5, 5.41) is 3.98. The Balaban J connectivity index is 0.00000237. The first-order valence-electron chi connectivity index (χ1n) is 19.2. The van der Waals surface area contributed by atoms with Gasteiger partial charge in [0.2, 0.25) is 0 Å². The van der Waals surface area contributed by atoms with Crippen molar-refractivity contribution in [3.05, 3.63) is 209 Å². The van der Waals surface area contributed by atoms with E-state index in [1.807, 2.05) is 68.7 Å². The van der Waals surface area contributed by atoms with E-state index in [0.29, 0.717) is 0 Å². The minimum absolute atomic E-state index is 0.841. The molecule has 3 nitrogen and oxygen atoms in total. The van der Waals surface area contributed by atoms with Gasteiger partial charge in [-0.15, -0.1) is 0 Å². The van der Waals surface area contributed by atoms with E-state index in [1.54, 1.807) is 0 Å². The van der Waals surface area contributed by atoms with E-state index in [0.717, 1.165) is 82.6 Å². The fourth-order valence-electron chi connectivity index (χ4n) is 7.23. The van der Waals surface area contributed by atoms with Crippen molar-refractivity contribution in [3.8, 4) is 33.4 Å². The zero-order chi connectivity index (χ0) is 39.0. The average molecular weight is 724 g/mol. The molecule has 0 saturated heterocycles. The molecule has 0 bridgehead atoms. The van der Waals surface area contributed by atoms with Gasteiger partial charge in [-0.3, -0.25) is 15.0 Å². The lowest BCUT2D eigenvalue weighted by Gasteiger charge is -2.16. The van der Waals surface area contributed by atoms with Crippen LogP contribution in [-0.4, -0.2) is 15.7 Å². The summed E-state index contributed by atoms with van der Waals surface area (Å²) in [4.78, 5) is 14.8. The minimum Gasteiger partial charge on any atom is -0.256 e. The Morgan fingerprint density at radius 1 is 0.625 bits per heavy atom. The molecule has 8 rings (SSSR count). The number of aromatic nitrogens is 2. The molecule has 2 heterocycles. The molecule has 0 atom stereocenters. The number of hydrogen-bond acceptors (Lipinski definition) is 3. The second-order valence-electron chi connectivity index (χ2n) is 13.5. The van der Waals surface area contributed by atoms with Gasteiger partial charge in [-0.05, 0) is 106 Å². The molecule has 0 unspecified atom stereocenters. The molecule has 272 valence electrons. The molecular formula is C53H45N3. The predicted molar refractivity (Wildman–Crippen MR) is 241 cm³/mol. The Kier molecular flexibility index (Phi) is 11.3. The first-order valence-corrected chi connectivity index (χ1v) is 19.2. The second kappa shape index (κ2) is 17.0. The number of fused-ring (bicyclic) bond motifs is 2. The summed E-state index contributed by atoms with van der Waals surface area (Å²) in [5.41, 5.74) is 14.8. The number of benzene rings is 6. The second-order valence-corrected chi connectivity index (χ2v) is 13.5. The van der Waals surface area contributed by atoms with Gasteiger partial charge in [0.15, 0.2) is 0 Å². The first kappa shape index (κ1) is 37.3. The zero-order valence-corrected chi connectivity index (χ0v) is 32.5. The third kappa shape index (κ3) is 7.66. The SMILES string of the molecule is C=C/C=C\c1c(C)cccc1-c1cc(-c2ccc(/C(N=C(C)c3ccccc3)=c3/c(=C)ccc4cccnc34)cc2)cc(-c2cccc3ncccc23)c1.CC. The summed E-state index contributed by atoms with van der Waals surface area (Å²) in [6, 6.07) is 51.1. The molecule has 56 heavy (non-hydrogen) atoms. The van der Waals surface area contributed by atoms with Crippen molar-refractivity contribution in [3.63, 3.8) is 0 Å². The van der Waals surface area contributed by atoms with Crippen molar-refractivity contribution < 1.29 is 0 Å². The number of allylic oxidation sites excluding steroid dienone is 2. The highest BCUT2D eigenvalue weighted by Gasteiger charge is 2.14. The third-order valence-electron chi connectivity index (χ3n) is 9.98. The van der Waals surface area contributed by atoms with Crippen LogP contribution in [0.3, 0.4) is 0 Å². The Morgan fingerprint density at radius 3 is 2.11 bits per heavy atom. The van der Waals surface area contributed by atoms with E-state index in [1.165, 1.54) is 16.7 Å². The number of pyridine rings is 2. The maximum atomic E-state index is 5.31. The molecule has 0 N–H and O–H groups in total. The van der Waals surface area contributed by atoms with E-state index >= 15 is 0 Å². The quantitative estimate of drug-likeness (QED) is 0.116. The van der Waals surface area contributed by atoms with Gasteiger partial charge in [0, 0.05) is 39.7 Å². The average Bonchev–Trinajstić information content (AvgIpc) is 3.26. The number of rotatable bonds is 8. The lowest BCUT2D eigenvalue weighted by molar-refractivity contribution is 1.35. The maximum Gasteiger partial charge on any atom is 0.0805 e. The number of aryl methyl sites for hydroxylation is 1. The highest BCUT2D eigenvalue weighted by atomic mass is 14.8. The molecule has 0 aliphatic carbocycles. The Bertz CT molecular complexity index is 2860. The van der Waals surface area contributed by atoms with Crippen molar-refractivity contribution in [2.75, 3.05) is 0 Å². The van der Waals surface area contributed by atoms with Crippen LogP contribution in [0.2, 0.25) is 0 Å². The van der Waals surface area contributed by atoms with Crippen LogP contribution in [0.5, 0.6) is 0 Å². The highest BCUT2D eigenvalue weighted by Crippen LogP contribution is 2.38. The van der Waals surface area contributed by atoms with Gasteiger partial charge >= 0.3 is 0 Å². The molecule has 0 radical (unpaired) electrons. The van der Waals surface area contributed by atoms with Crippen molar-refractivity contribution in [2.45, 2.75) is 27.7 Å². The summed E-state index contributed by atoms with van der Waals surface area (Å²) >= 11 is 0. The first-order chi connectivity index (χ1) is 27.5. The van der Waals surface area contributed by atoms with Crippen molar-refractivity contribution in [1.29, 1.82) is 0 Å². The van der Waals surface area contributed by atoms with Crippen LogP contribution in [0.4, 0.5) is 0 Å². The number of nitrogens with zero attached hydrogens (tertiary/aromatic N) is 3. The molecule has 0 fully saturated rings. The summed E-state index contributed by atoms with van der Waals surface area (Å²) in [7, 11) is 0. The normalized spacial score (nSPS) is 12.0. The van der Waals surface area contributed by atoms with Gasteiger partial charge in [-0.1, -0.05) is 154 Å². The standard InChI is InChI=1S/C51H39N3.C2H6/c1-5-6-18-44-34(2)14-10-19-45(44)42-31-41(32-43(33-42)46-20-11-22-48-47(46)21-13-29-52-48)38-25-27-40(28-26-38)51(54-36(4)37-15-8-7-9-16-37)49-35(3)23-24-39-17-12-30-53-50(39)49;1-2/h5-33H,1,3H2,2,4H3;1-2H3/b18-6-,51-49+,54-36?;.